The van der Waals surface area contributed by atoms with Crippen LogP contribution in [0.3, 0.4) is 0 Å². The Labute approximate surface area is 120 Å². The van der Waals surface area contributed by atoms with Crippen LogP contribution in [0.25, 0.3) is 0 Å². The topological polar surface area (TPSA) is 66.4 Å². The van der Waals surface area contributed by atoms with Crippen molar-refractivity contribution in [3.63, 3.8) is 0 Å². The third-order valence-electron chi connectivity index (χ3n) is 5.73. The fraction of sp³-hybridized carbons (Fsp3) is 0.875. The first-order valence-electron chi connectivity index (χ1n) is 8.12. The summed E-state index contributed by atoms with van der Waals surface area (Å²) in [6, 6.07) is 0. The number of carboxylic acid groups (broad SMARTS) is 1. The van der Waals surface area contributed by atoms with Crippen LogP contribution in [0.4, 0.5) is 0 Å². The maximum Gasteiger partial charge on any atom is 0.311 e. The molecule has 0 saturated heterocycles. The fourth-order valence-electron chi connectivity index (χ4n) is 4.20. The molecular weight excluding hydrogens is 254 g/mol. The molecule has 3 aliphatic carbocycles. The molecule has 3 fully saturated rings. The van der Waals surface area contributed by atoms with Crippen LogP contribution in [0, 0.1) is 23.2 Å². The second kappa shape index (κ2) is 5.38. The van der Waals surface area contributed by atoms with Crippen LogP contribution in [0.1, 0.15) is 57.8 Å². The Hall–Kier alpha value is -1.06. The molecule has 3 aliphatic rings. The molecule has 3 rings (SSSR count). The third kappa shape index (κ3) is 2.70. The number of nitrogens with one attached hydrogen (secondary N) is 1. The minimum atomic E-state index is -0.728. The SMILES string of the molecule is O=C(NCC1(C(=O)O)CCCCCC1)C1CC2CC2C1. The zero-order valence-electron chi connectivity index (χ0n) is 12.1. The van der Waals surface area contributed by atoms with E-state index in [1.54, 1.807) is 0 Å². The zero-order chi connectivity index (χ0) is 14.2. The molecule has 0 aromatic rings. The highest BCUT2D eigenvalue weighted by Gasteiger charge is 2.48. The first-order chi connectivity index (χ1) is 9.61. The van der Waals surface area contributed by atoms with Gasteiger partial charge in [0, 0.05) is 12.5 Å². The highest BCUT2D eigenvalue weighted by atomic mass is 16.4. The van der Waals surface area contributed by atoms with Crippen LogP contribution in [-0.2, 0) is 9.59 Å². The lowest BCUT2D eigenvalue weighted by molar-refractivity contribution is -0.150. The van der Waals surface area contributed by atoms with Gasteiger partial charge in [-0.1, -0.05) is 25.7 Å². The van der Waals surface area contributed by atoms with Crippen LogP contribution in [0.15, 0.2) is 0 Å². The van der Waals surface area contributed by atoms with Gasteiger partial charge in [0.1, 0.15) is 0 Å². The van der Waals surface area contributed by atoms with E-state index in [1.807, 2.05) is 0 Å². The summed E-state index contributed by atoms with van der Waals surface area (Å²) in [5, 5.41) is 12.6. The van der Waals surface area contributed by atoms with Gasteiger partial charge in [-0.05, 0) is 43.9 Å². The van der Waals surface area contributed by atoms with Crippen molar-refractivity contribution < 1.29 is 14.7 Å². The highest BCUT2D eigenvalue weighted by molar-refractivity contribution is 5.81. The quantitative estimate of drug-likeness (QED) is 0.777. The molecule has 0 radical (unpaired) electrons. The molecule has 0 aromatic carbocycles. The van der Waals surface area contributed by atoms with Crippen molar-refractivity contribution in [1.29, 1.82) is 0 Å². The Morgan fingerprint density at radius 1 is 1.00 bits per heavy atom. The predicted molar refractivity (Wildman–Crippen MR) is 75.1 cm³/mol. The number of carbonyl (C=O) groups is 2. The van der Waals surface area contributed by atoms with E-state index in [-0.39, 0.29) is 11.8 Å². The summed E-state index contributed by atoms with van der Waals surface area (Å²) < 4.78 is 0. The lowest BCUT2D eigenvalue weighted by Gasteiger charge is -2.29. The summed E-state index contributed by atoms with van der Waals surface area (Å²) in [5.74, 6) is 1.10. The molecule has 3 saturated carbocycles. The van der Waals surface area contributed by atoms with E-state index < -0.39 is 11.4 Å². The molecule has 4 nitrogen and oxygen atoms in total. The van der Waals surface area contributed by atoms with Crippen molar-refractivity contribution in [2.24, 2.45) is 23.2 Å². The summed E-state index contributed by atoms with van der Waals surface area (Å²) in [6.07, 6.45) is 8.95. The monoisotopic (exact) mass is 279 g/mol. The number of hydrogen-bond donors (Lipinski definition) is 2. The molecule has 2 N–H and O–H groups in total. The average Bonchev–Trinajstić information content (AvgIpc) is 3.12. The van der Waals surface area contributed by atoms with Crippen LogP contribution in [0.5, 0.6) is 0 Å². The third-order valence-corrected chi connectivity index (χ3v) is 5.73. The van der Waals surface area contributed by atoms with E-state index in [1.165, 1.54) is 6.42 Å². The summed E-state index contributed by atoms with van der Waals surface area (Å²) in [5.41, 5.74) is -0.715. The molecule has 20 heavy (non-hydrogen) atoms. The van der Waals surface area contributed by atoms with Gasteiger partial charge < -0.3 is 10.4 Å². The predicted octanol–water partition coefficient (Wildman–Crippen LogP) is 2.57. The summed E-state index contributed by atoms with van der Waals surface area (Å²) in [7, 11) is 0. The Kier molecular flexibility index (Phi) is 3.74. The Morgan fingerprint density at radius 2 is 1.60 bits per heavy atom. The minimum Gasteiger partial charge on any atom is -0.481 e. The van der Waals surface area contributed by atoms with E-state index in [0.717, 1.165) is 50.4 Å². The summed E-state index contributed by atoms with van der Waals surface area (Å²) in [6.45, 7) is 0.326. The highest BCUT2D eigenvalue weighted by Crippen LogP contribution is 2.54. The van der Waals surface area contributed by atoms with Crippen LogP contribution in [-0.4, -0.2) is 23.5 Å². The van der Waals surface area contributed by atoms with E-state index in [2.05, 4.69) is 5.32 Å². The van der Waals surface area contributed by atoms with Gasteiger partial charge in [-0.25, -0.2) is 0 Å². The zero-order valence-corrected chi connectivity index (χ0v) is 12.1. The van der Waals surface area contributed by atoms with Crippen LogP contribution >= 0.6 is 0 Å². The first-order valence-corrected chi connectivity index (χ1v) is 8.12. The normalized spacial score (nSPS) is 34.9. The second-order valence-electron chi connectivity index (χ2n) is 7.14. The van der Waals surface area contributed by atoms with Crippen molar-refractivity contribution in [3.05, 3.63) is 0 Å². The number of hydrogen-bond acceptors (Lipinski definition) is 2. The van der Waals surface area contributed by atoms with Gasteiger partial charge in [-0.3, -0.25) is 9.59 Å². The molecule has 2 atom stereocenters. The van der Waals surface area contributed by atoms with E-state index in [4.69, 9.17) is 0 Å². The van der Waals surface area contributed by atoms with Gasteiger partial charge in [-0.2, -0.15) is 0 Å². The number of fused-ring (bicyclic) bond motifs is 1. The van der Waals surface area contributed by atoms with E-state index in [0.29, 0.717) is 19.4 Å². The molecule has 2 unspecified atom stereocenters. The molecule has 0 bridgehead atoms. The van der Waals surface area contributed by atoms with Crippen molar-refractivity contribution in [1.82, 2.24) is 5.32 Å². The van der Waals surface area contributed by atoms with Gasteiger partial charge in [0.25, 0.3) is 0 Å². The smallest absolute Gasteiger partial charge is 0.311 e. The Balaban J connectivity index is 1.56. The number of carboxylic acids is 1. The van der Waals surface area contributed by atoms with E-state index in [9.17, 15) is 14.7 Å². The molecule has 112 valence electrons. The molecule has 4 heteroatoms. The minimum absolute atomic E-state index is 0.0991. The molecule has 0 aromatic heterocycles. The van der Waals surface area contributed by atoms with E-state index >= 15 is 0 Å². The number of amides is 1. The van der Waals surface area contributed by atoms with Crippen molar-refractivity contribution in [3.8, 4) is 0 Å². The molecule has 0 spiro atoms. The van der Waals surface area contributed by atoms with Gasteiger partial charge in [0.05, 0.1) is 5.41 Å². The number of rotatable bonds is 4. The Morgan fingerprint density at radius 3 is 2.15 bits per heavy atom. The van der Waals surface area contributed by atoms with Gasteiger partial charge in [0.15, 0.2) is 0 Å². The fourth-order valence-corrected chi connectivity index (χ4v) is 4.20. The lowest BCUT2D eigenvalue weighted by atomic mass is 9.80. The number of aliphatic carboxylic acids is 1. The summed E-state index contributed by atoms with van der Waals surface area (Å²) >= 11 is 0. The largest absolute Gasteiger partial charge is 0.481 e. The molecular formula is C16H25NO3. The summed E-state index contributed by atoms with van der Waals surface area (Å²) in [4.78, 5) is 23.9. The van der Waals surface area contributed by atoms with Gasteiger partial charge in [-0.15, -0.1) is 0 Å². The van der Waals surface area contributed by atoms with Crippen molar-refractivity contribution in [2.45, 2.75) is 57.8 Å². The standard InChI is InChI=1S/C16H25NO3/c18-14(13-8-11-7-12(11)9-13)17-10-16(15(19)20)5-3-1-2-4-6-16/h11-13H,1-10H2,(H,17,18)(H,19,20). The van der Waals surface area contributed by atoms with Crippen molar-refractivity contribution >= 4 is 11.9 Å². The van der Waals surface area contributed by atoms with Gasteiger partial charge in [0.2, 0.25) is 5.91 Å². The Bertz CT molecular complexity index is 389. The maximum absolute atomic E-state index is 12.2. The van der Waals surface area contributed by atoms with Crippen LogP contribution < -0.4 is 5.32 Å². The molecule has 1 amide bonds. The lowest BCUT2D eigenvalue weighted by Crippen LogP contribution is -2.44. The maximum atomic E-state index is 12.2. The molecule has 0 aliphatic heterocycles. The first kappa shape index (κ1) is 13.9. The second-order valence-corrected chi connectivity index (χ2v) is 7.14. The van der Waals surface area contributed by atoms with Crippen LogP contribution in [0.2, 0.25) is 0 Å². The molecule has 0 heterocycles. The van der Waals surface area contributed by atoms with Gasteiger partial charge >= 0.3 is 5.97 Å². The van der Waals surface area contributed by atoms with Crippen molar-refractivity contribution in [2.75, 3.05) is 6.54 Å². The number of carbonyl (C=O) groups excluding carboxylic acids is 1. The average molecular weight is 279 g/mol.